The third-order valence-corrected chi connectivity index (χ3v) is 5.46. The molecular formula is C22H21Cl2N5O. The van der Waals surface area contributed by atoms with Crippen LogP contribution < -0.4 is 10.2 Å². The van der Waals surface area contributed by atoms with Crippen molar-refractivity contribution in [2.75, 3.05) is 36.4 Å². The molecular weight excluding hydrogens is 421 g/mol. The van der Waals surface area contributed by atoms with Gasteiger partial charge in [-0.3, -0.25) is 4.79 Å². The maximum absolute atomic E-state index is 12.9. The lowest BCUT2D eigenvalue weighted by molar-refractivity contribution is 0.0746. The number of hydrogen-bond donors (Lipinski definition) is 1. The van der Waals surface area contributed by atoms with E-state index in [0.29, 0.717) is 47.7 Å². The molecule has 0 spiro atoms. The Kier molecular flexibility index (Phi) is 6.06. The van der Waals surface area contributed by atoms with E-state index in [-0.39, 0.29) is 5.91 Å². The molecule has 8 heteroatoms. The summed E-state index contributed by atoms with van der Waals surface area (Å²) in [5, 5.41) is 4.22. The molecule has 154 valence electrons. The summed E-state index contributed by atoms with van der Waals surface area (Å²) in [6.45, 7) is 4.33. The first kappa shape index (κ1) is 20.4. The van der Waals surface area contributed by atoms with E-state index in [4.69, 9.17) is 23.2 Å². The van der Waals surface area contributed by atoms with Gasteiger partial charge in [0.15, 0.2) is 0 Å². The largest absolute Gasteiger partial charge is 0.340 e. The third kappa shape index (κ3) is 4.66. The van der Waals surface area contributed by atoms with Gasteiger partial charge in [-0.1, -0.05) is 41.4 Å². The van der Waals surface area contributed by atoms with Gasteiger partial charge in [0.2, 0.25) is 5.95 Å². The van der Waals surface area contributed by atoms with Crippen LogP contribution in [0.1, 0.15) is 16.1 Å². The summed E-state index contributed by atoms with van der Waals surface area (Å²) in [4.78, 5) is 26.0. The Balaban J connectivity index is 1.45. The van der Waals surface area contributed by atoms with Crippen LogP contribution in [0.5, 0.6) is 0 Å². The number of nitrogens with zero attached hydrogens (tertiary/aromatic N) is 4. The molecule has 30 heavy (non-hydrogen) atoms. The van der Waals surface area contributed by atoms with Crippen molar-refractivity contribution >= 4 is 46.6 Å². The van der Waals surface area contributed by atoms with E-state index < -0.39 is 0 Å². The van der Waals surface area contributed by atoms with Gasteiger partial charge >= 0.3 is 0 Å². The molecule has 1 fully saturated rings. The highest BCUT2D eigenvalue weighted by atomic mass is 35.5. The average Bonchev–Trinajstić information content (AvgIpc) is 2.75. The number of benzene rings is 2. The van der Waals surface area contributed by atoms with Gasteiger partial charge in [-0.05, 0) is 37.3 Å². The first-order valence-electron chi connectivity index (χ1n) is 9.66. The molecule has 1 aliphatic heterocycles. The minimum absolute atomic E-state index is 0.112. The van der Waals surface area contributed by atoms with Crippen molar-refractivity contribution in [1.29, 1.82) is 0 Å². The van der Waals surface area contributed by atoms with Crippen LogP contribution in [0.2, 0.25) is 10.0 Å². The minimum atomic E-state index is -0.112. The second kappa shape index (κ2) is 8.90. The summed E-state index contributed by atoms with van der Waals surface area (Å²) < 4.78 is 0. The second-order valence-electron chi connectivity index (χ2n) is 7.09. The molecule has 1 aromatic heterocycles. The van der Waals surface area contributed by atoms with Crippen molar-refractivity contribution < 1.29 is 4.79 Å². The van der Waals surface area contributed by atoms with Crippen molar-refractivity contribution in [3.05, 3.63) is 75.9 Å². The van der Waals surface area contributed by atoms with E-state index >= 15 is 0 Å². The maximum atomic E-state index is 12.9. The number of nitrogens with one attached hydrogen (secondary N) is 1. The Hall–Kier alpha value is -2.83. The molecule has 0 saturated carbocycles. The van der Waals surface area contributed by atoms with Crippen molar-refractivity contribution in [1.82, 2.24) is 14.9 Å². The molecule has 0 radical (unpaired) electrons. The number of hydrogen-bond acceptors (Lipinski definition) is 5. The van der Waals surface area contributed by atoms with E-state index in [0.717, 1.165) is 17.2 Å². The molecule has 0 atom stereocenters. The lowest BCUT2D eigenvalue weighted by atomic mass is 10.2. The van der Waals surface area contributed by atoms with Crippen molar-refractivity contribution in [2.45, 2.75) is 6.92 Å². The molecule has 2 heterocycles. The normalized spacial score (nSPS) is 14.0. The maximum Gasteiger partial charge on any atom is 0.255 e. The topological polar surface area (TPSA) is 61.4 Å². The van der Waals surface area contributed by atoms with E-state index in [9.17, 15) is 4.79 Å². The summed E-state index contributed by atoms with van der Waals surface area (Å²) in [7, 11) is 0. The zero-order valence-corrected chi connectivity index (χ0v) is 18.0. The predicted molar refractivity (Wildman–Crippen MR) is 121 cm³/mol. The Morgan fingerprint density at radius 2 is 1.70 bits per heavy atom. The summed E-state index contributed by atoms with van der Waals surface area (Å²) in [5.74, 6) is 1.29. The van der Waals surface area contributed by atoms with Crippen LogP contribution in [0.25, 0.3) is 0 Å². The van der Waals surface area contributed by atoms with Crippen LogP contribution in [0.4, 0.5) is 17.5 Å². The Morgan fingerprint density at radius 3 is 2.43 bits per heavy atom. The molecule has 0 bridgehead atoms. The number of carbonyl (C=O) groups is 1. The van der Waals surface area contributed by atoms with E-state index in [1.54, 1.807) is 23.1 Å². The zero-order chi connectivity index (χ0) is 21.1. The Morgan fingerprint density at radius 1 is 0.967 bits per heavy atom. The van der Waals surface area contributed by atoms with E-state index in [2.05, 4.69) is 20.2 Å². The molecule has 1 amide bonds. The van der Waals surface area contributed by atoms with Gasteiger partial charge in [0.05, 0.1) is 10.6 Å². The second-order valence-corrected chi connectivity index (χ2v) is 7.93. The molecule has 1 saturated heterocycles. The number of anilines is 3. The molecule has 4 rings (SSSR count). The van der Waals surface area contributed by atoms with Gasteiger partial charge in [0, 0.05) is 48.6 Å². The highest BCUT2D eigenvalue weighted by molar-refractivity contribution is 6.35. The summed E-state index contributed by atoms with van der Waals surface area (Å²) in [5.41, 5.74) is 2.27. The SMILES string of the molecule is Cc1cc(Nc2ccccc2)nc(N2CCN(C(=O)c3cc(Cl)ccc3Cl)CC2)n1. The molecule has 0 aliphatic carbocycles. The van der Waals surface area contributed by atoms with Crippen LogP contribution in [-0.2, 0) is 0 Å². The van der Waals surface area contributed by atoms with Crippen LogP contribution in [0, 0.1) is 6.92 Å². The van der Waals surface area contributed by atoms with Gasteiger partial charge in [-0.15, -0.1) is 0 Å². The van der Waals surface area contributed by atoms with E-state index in [1.165, 1.54) is 0 Å². The quantitative estimate of drug-likeness (QED) is 0.629. The highest BCUT2D eigenvalue weighted by Gasteiger charge is 2.25. The molecule has 2 aromatic carbocycles. The van der Waals surface area contributed by atoms with Crippen LogP contribution in [-0.4, -0.2) is 47.0 Å². The number of rotatable bonds is 4. The molecule has 0 unspecified atom stereocenters. The lowest BCUT2D eigenvalue weighted by Gasteiger charge is -2.35. The van der Waals surface area contributed by atoms with Gasteiger partial charge < -0.3 is 15.1 Å². The van der Waals surface area contributed by atoms with Gasteiger partial charge in [-0.2, -0.15) is 4.98 Å². The van der Waals surface area contributed by atoms with E-state index in [1.807, 2.05) is 43.3 Å². The van der Waals surface area contributed by atoms with Crippen molar-refractivity contribution in [3.8, 4) is 0 Å². The van der Waals surface area contributed by atoms with Crippen molar-refractivity contribution in [2.24, 2.45) is 0 Å². The lowest BCUT2D eigenvalue weighted by Crippen LogP contribution is -2.49. The standard InChI is InChI=1S/C22H21Cl2N5O/c1-15-13-20(26-17-5-3-2-4-6-17)27-22(25-15)29-11-9-28(10-12-29)21(30)18-14-16(23)7-8-19(18)24/h2-8,13-14H,9-12H2,1H3,(H,25,26,27). The summed E-state index contributed by atoms with van der Waals surface area (Å²) in [6.07, 6.45) is 0. The minimum Gasteiger partial charge on any atom is -0.340 e. The molecule has 3 aromatic rings. The number of aryl methyl sites for hydroxylation is 1. The van der Waals surface area contributed by atoms with Crippen LogP contribution in [0.3, 0.4) is 0 Å². The first-order chi connectivity index (χ1) is 14.5. The average molecular weight is 442 g/mol. The summed E-state index contributed by atoms with van der Waals surface area (Å²) >= 11 is 12.2. The third-order valence-electron chi connectivity index (χ3n) is 4.90. The van der Waals surface area contributed by atoms with Gasteiger partial charge in [0.25, 0.3) is 5.91 Å². The fraction of sp³-hybridized carbons (Fsp3) is 0.227. The number of para-hydroxylation sites is 1. The molecule has 6 nitrogen and oxygen atoms in total. The zero-order valence-electron chi connectivity index (χ0n) is 16.5. The molecule has 1 N–H and O–H groups in total. The summed E-state index contributed by atoms with van der Waals surface area (Å²) in [6, 6.07) is 16.7. The van der Waals surface area contributed by atoms with Gasteiger partial charge in [-0.25, -0.2) is 4.98 Å². The molecule has 1 aliphatic rings. The van der Waals surface area contributed by atoms with Crippen LogP contribution >= 0.6 is 23.2 Å². The smallest absolute Gasteiger partial charge is 0.255 e. The fourth-order valence-electron chi connectivity index (χ4n) is 3.37. The monoisotopic (exact) mass is 441 g/mol. The Labute approximate surface area is 185 Å². The number of halogens is 2. The first-order valence-corrected chi connectivity index (χ1v) is 10.4. The number of aromatic nitrogens is 2. The number of carbonyl (C=O) groups excluding carboxylic acids is 1. The predicted octanol–water partition coefficient (Wildman–Crippen LogP) is 4.80. The number of piperazine rings is 1. The van der Waals surface area contributed by atoms with Crippen molar-refractivity contribution in [3.63, 3.8) is 0 Å². The Bertz CT molecular complexity index is 1050. The van der Waals surface area contributed by atoms with Gasteiger partial charge in [0.1, 0.15) is 5.82 Å². The van der Waals surface area contributed by atoms with Crippen LogP contribution in [0.15, 0.2) is 54.6 Å². The highest BCUT2D eigenvalue weighted by Crippen LogP contribution is 2.24. The number of amides is 1. The fourth-order valence-corrected chi connectivity index (χ4v) is 3.74.